The molecule has 0 N–H and O–H groups in total. The largest absolute Gasteiger partial charge is 0.278 e. The van der Waals surface area contributed by atoms with Gasteiger partial charge in [0.25, 0.3) is 0 Å². The summed E-state index contributed by atoms with van der Waals surface area (Å²) in [6.45, 7) is 5.57. The van der Waals surface area contributed by atoms with Gasteiger partial charge >= 0.3 is 0 Å². The van der Waals surface area contributed by atoms with Gasteiger partial charge in [-0.05, 0) is 35.6 Å². The summed E-state index contributed by atoms with van der Waals surface area (Å²) in [6.07, 6.45) is 6.33. The molecule has 0 heterocycles. The van der Waals surface area contributed by atoms with Crippen molar-refractivity contribution in [2.24, 2.45) is 0 Å². The van der Waals surface area contributed by atoms with Crippen molar-refractivity contribution in [2.75, 3.05) is 12.8 Å². The van der Waals surface area contributed by atoms with Gasteiger partial charge in [-0.3, -0.25) is 4.90 Å². The van der Waals surface area contributed by atoms with Crippen LogP contribution in [0.25, 0.3) is 6.08 Å². The van der Waals surface area contributed by atoms with Crippen molar-refractivity contribution < 1.29 is 0 Å². The zero-order chi connectivity index (χ0) is 21.0. The average molecular weight is 410 g/mol. The Morgan fingerprint density at radius 3 is 2.13 bits per heavy atom. The Morgan fingerprint density at radius 1 is 0.933 bits per heavy atom. The van der Waals surface area contributed by atoms with Gasteiger partial charge < -0.3 is 0 Å². The summed E-state index contributed by atoms with van der Waals surface area (Å²) >= 11 is 1.76. The van der Waals surface area contributed by atoms with E-state index < -0.39 is 0 Å². The highest BCUT2D eigenvalue weighted by Gasteiger charge is 2.20. The van der Waals surface area contributed by atoms with Crippen LogP contribution in [-0.4, -0.2) is 23.7 Å². The zero-order valence-corrected chi connectivity index (χ0v) is 18.2. The molecule has 1 unspecified atom stereocenters. The molecule has 0 bridgehead atoms. The number of nitrogens with zero attached hydrogens (tertiary/aromatic N) is 1. The Balaban J connectivity index is 2.01. The third kappa shape index (κ3) is 6.52. The molecule has 0 aromatic heterocycles. The van der Waals surface area contributed by atoms with Crippen LogP contribution in [0.4, 0.5) is 0 Å². The van der Waals surface area contributed by atoms with Crippen molar-refractivity contribution in [1.82, 2.24) is 4.90 Å². The fourth-order valence-corrected chi connectivity index (χ4v) is 3.91. The molecule has 0 spiro atoms. The number of benzene rings is 3. The quantitative estimate of drug-likeness (QED) is 0.309. The summed E-state index contributed by atoms with van der Waals surface area (Å²) in [6, 6.07) is 31.1. The van der Waals surface area contributed by atoms with E-state index in [9.17, 15) is 0 Å². The van der Waals surface area contributed by atoms with Crippen molar-refractivity contribution in [3.8, 4) is 11.8 Å². The minimum absolute atomic E-state index is 0.0291. The van der Waals surface area contributed by atoms with Gasteiger partial charge in [-0.1, -0.05) is 96.8 Å². The topological polar surface area (TPSA) is 3.24 Å². The second-order valence-corrected chi connectivity index (χ2v) is 7.78. The van der Waals surface area contributed by atoms with Crippen LogP contribution in [0.15, 0.2) is 109 Å². The maximum absolute atomic E-state index is 4.00. The molecular formula is C28H27NS. The van der Waals surface area contributed by atoms with Crippen molar-refractivity contribution in [3.05, 3.63) is 125 Å². The average Bonchev–Trinajstić information content (AvgIpc) is 2.80. The molecule has 0 aliphatic heterocycles. The molecule has 3 aromatic rings. The van der Waals surface area contributed by atoms with Crippen LogP contribution in [0.5, 0.6) is 0 Å². The fraction of sp³-hybridized carbons (Fsp3) is 0.143. The maximum atomic E-state index is 4.00. The molecule has 2 heteroatoms. The number of rotatable bonds is 8. The van der Waals surface area contributed by atoms with E-state index in [1.807, 2.05) is 30.3 Å². The molecule has 0 saturated heterocycles. The van der Waals surface area contributed by atoms with Crippen molar-refractivity contribution >= 4 is 17.8 Å². The number of thioether (sulfide) groups is 1. The van der Waals surface area contributed by atoms with Gasteiger partial charge in [-0.25, -0.2) is 0 Å². The van der Waals surface area contributed by atoms with Crippen LogP contribution in [0.1, 0.15) is 16.7 Å². The van der Waals surface area contributed by atoms with E-state index in [4.69, 9.17) is 0 Å². The molecule has 0 fully saturated rings. The van der Waals surface area contributed by atoms with Crippen LogP contribution in [0, 0.1) is 11.8 Å². The van der Waals surface area contributed by atoms with Gasteiger partial charge in [0.05, 0.1) is 0 Å². The lowest BCUT2D eigenvalue weighted by Crippen LogP contribution is -2.35. The molecular weight excluding hydrogens is 382 g/mol. The lowest BCUT2D eigenvalue weighted by Gasteiger charge is -2.29. The summed E-state index contributed by atoms with van der Waals surface area (Å²) in [5, 5.41) is 0. The van der Waals surface area contributed by atoms with E-state index in [1.165, 1.54) is 16.0 Å². The van der Waals surface area contributed by atoms with Crippen molar-refractivity contribution in [3.63, 3.8) is 0 Å². The van der Waals surface area contributed by atoms with Crippen LogP contribution in [-0.2, 0) is 6.54 Å². The second-order valence-electron chi connectivity index (χ2n) is 6.90. The normalized spacial score (nSPS) is 12.1. The van der Waals surface area contributed by atoms with E-state index >= 15 is 0 Å². The first kappa shape index (κ1) is 21.7. The maximum Gasteiger partial charge on any atom is 0.104 e. The van der Waals surface area contributed by atoms with E-state index in [0.29, 0.717) is 0 Å². The van der Waals surface area contributed by atoms with Crippen LogP contribution >= 0.6 is 11.8 Å². The first-order chi connectivity index (χ1) is 14.8. The molecule has 1 atom stereocenters. The van der Waals surface area contributed by atoms with Crippen molar-refractivity contribution in [2.45, 2.75) is 12.6 Å². The Labute approximate surface area is 185 Å². The van der Waals surface area contributed by atoms with E-state index in [2.05, 4.69) is 102 Å². The molecule has 0 aliphatic carbocycles. The number of hydrogen-bond donors (Lipinski definition) is 0. The molecule has 0 aliphatic rings. The summed E-state index contributed by atoms with van der Waals surface area (Å²) in [7, 11) is 0. The highest BCUT2D eigenvalue weighted by Crippen LogP contribution is 2.25. The van der Waals surface area contributed by atoms with Crippen LogP contribution < -0.4 is 0 Å². The minimum atomic E-state index is -0.0291. The molecule has 150 valence electrons. The van der Waals surface area contributed by atoms with Crippen LogP contribution in [0.2, 0.25) is 0 Å². The smallest absolute Gasteiger partial charge is 0.104 e. The summed E-state index contributed by atoms with van der Waals surface area (Å²) in [4.78, 5) is 3.60. The number of hydrogen-bond acceptors (Lipinski definition) is 2. The van der Waals surface area contributed by atoms with Gasteiger partial charge in [0.2, 0.25) is 0 Å². The van der Waals surface area contributed by atoms with Gasteiger partial charge in [-0.2, -0.15) is 0 Å². The van der Waals surface area contributed by atoms with E-state index in [-0.39, 0.29) is 6.04 Å². The summed E-state index contributed by atoms with van der Waals surface area (Å²) in [5.41, 5.74) is 3.48. The molecule has 0 radical (unpaired) electrons. The SMILES string of the molecule is C=CCN(Cc1ccccc1)C(C#Cc1ccccc1)/C(=C/c1ccccc1)SC. The first-order valence-corrected chi connectivity index (χ1v) is 11.3. The second kappa shape index (κ2) is 11.9. The summed E-state index contributed by atoms with van der Waals surface area (Å²) in [5.74, 6) is 6.94. The Hall–Kier alpha value is -2.99. The van der Waals surface area contributed by atoms with E-state index in [1.54, 1.807) is 11.8 Å². The third-order valence-corrected chi connectivity index (χ3v) is 5.51. The highest BCUT2D eigenvalue weighted by molar-refractivity contribution is 8.02. The fourth-order valence-electron chi connectivity index (χ4n) is 3.22. The highest BCUT2D eigenvalue weighted by atomic mass is 32.2. The predicted octanol–water partition coefficient (Wildman–Crippen LogP) is 6.50. The van der Waals surface area contributed by atoms with Gasteiger partial charge in [0.15, 0.2) is 0 Å². The molecule has 3 rings (SSSR count). The van der Waals surface area contributed by atoms with Gasteiger partial charge in [-0.15, -0.1) is 18.3 Å². The van der Waals surface area contributed by atoms with Gasteiger partial charge in [0, 0.05) is 23.6 Å². The Kier molecular flexibility index (Phi) is 8.60. The zero-order valence-electron chi connectivity index (χ0n) is 17.4. The molecule has 1 nitrogen and oxygen atoms in total. The third-order valence-electron chi connectivity index (χ3n) is 4.70. The lowest BCUT2D eigenvalue weighted by atomic mass is 10.1. The Bertz CT molecular complexity index is 998. The molecule has 0 amide bonds. The van der Waals surface area contributed by atoms with Crippen LogP contribution in [0.3, 0.4) is 0 Å². The molecule has 3 aromatic carbocycles. The predicted molar refractivity (Wildman–Crippen MR) is 132 cm³/mol. The monoisotopic (exact) mass is 409 g/mol. The minimum Gasteiger partial charge on any atom is -0.278 e. The molecule has 0 saturated carbocycles. The van der Waals surface area contributed by atoms with E-state index in [0.717, 1.165) is 18.7 Å². The summed E-state index contributed by atoms with van der Waals surface area (Å²) < 4.78 is 0. The lowest BCUT2D eigenvalue weighted by molar-refractivity contribution is 0.283. The first-order valence-electron chi connectivity index (χ1n) is 10.1. The van der Waals surface area contributed by atoms with Gasteiger partial charge in [0.1, 0.15) is 6.04 Å². The standard InChI is InChI=1S/C28H27NS/c1-3-21-29(23-26-17-11-6-12-18-26)27(20-19-24-13-7-4-8-14-24)28(30-2)22-25-15-9-5-10-16-25/h3-18,22,27H,1,21,23H2,2H3/b28-22-. The Morgan fingerprint density at radius 2 is 1.53 bits per heavy atom. The molecule has 30 heavy (non-hydrogen) atoms. The van der Waals surface area contributed by atoms with Crippen molar-refractivity contribution in [1.29, 1.82) is 0 Å².